The molecule has 4 nitrogen and oxygen atoms in total. The lowest BCUT2D eigenvalue weighted by Gasteiger charge is -2.46. The van der Waals surface area contributed by atoms with Crippen molar-refractivity contribution in [1.29, 1.82) is 0 Å². The first-order valence-corrected chi connectivity index (χ1v) is 11.3. The first-order chi connectivity index (χ1) is 10.8. The minimum atomic E-state index is -3.87. The first-order valence-electron chi connectivity index (χ1n) is 9.66. The third-order valence-electron chi connectivity index (χ3n) is 4.98. The van der Waals surface area contributed by atoms with Crippen LogP contribution in [0.1, 0.15) is 85.5 Å². The van der Waals surface area contributed by atoms with Gasteiger partial charge in [-0.05, 0) is 25.7 Å². The van der Waals surface area contributed by atoms with Gasteiger partial charge in [0.1, 0.15) is 0 Å². The van der Waals surface area contributed by atoms with E-state index in [1.54, 1.807) is 0 Å². The van der Waals surface area contributed by atoms with Gasteiger partial charge in [0.15, 0.2) is 0 Å². The summed E-state index contributed by atoms with van der Waals surface area (Å²) >= 11 is 0. The summed E-state index contributed by atoms with van der Waals surface area (Å²) in [6.45, 7) is 12.3. The molecule has 0 aliphatic heterocycles. The highest BCUT2D eigenvalue weighted by Gasteiger charge is 2.35. The molecule has 0 aliphatic rings. The molecule has 0 heterocycles. The van der Waals surface area contributed by atoms with E-state index >= 15 is 0 Å². The van der Waals surface area contributed by atoms with Gasteiger partial charge >= 0.3 is 0 Å². The summed E-state index contributed by atoms with van der Waals surface area (Å²) < 4.78 is 32.8. The predicted molar refractivity (Wildman–Crippen MR) is 99.3 cm³/mol. The molecule has 0 aromatic carbocycles. The Morgan fingerprint density at radius 3 is 1.52 bits per heavy atom. The van der Waals surface area contributed by atoms with Gasteiger partial charge in [0, 0.05) is 6.42 Å². The van der Waals surface area contributed by atoms with E-state index in [0.29, 0.717) is 12.5 Å². The molecule has 1 unspecified atom stereocenters. The topological polar surface area (TPSA) is 54.4 Å². The van der Waals surface area contributed by atoms with Crippen molar-refractivity contribution in [2.75, 3.05) is 25.4 Å². The van der Waals surface area contributed by atoms with Crippen molar-refractivity contribution in [3.8, 4) is 0 Å². The Morgan fingerprint density at radius 2 is 1.22 bits per heavy atom. The van der Waals surface area contributed by atoms with E-state index in [2.05, 4.69) is 27.7 Å². The van der Waals surface area contributed by atoms with Crippen LogP contribution in [0.15, 0.2) is 0 Å². The number of unbranched alkanes of at least 4 members (excludes halogenated alkanes) is 3. The summed E-state index contributed by atoms with van der Waals surface area (Å²) in [4.78, 5) is 0. The highest BCUT2D eigenvalue weighted by Crippen LogP contribution is 2.26. The fourth-order valence-corrected chi connectivity index (χ4v) is 4.18. The van der Waals surface area contributed by atoms with Crippen LogP contribution in [-0.2, 0) is 10.1 Å². The molecule has 23 heavy (non-hydrogen) atoms. The second-order valence-electron chi connectivity index (χ2n) is 6.97. The molecule has 1 N–H and O–H groups in total. The number of rotatable bonds is 15. The smallest absolute Gasteiger partial charge is 0.265 e. The first kappa shape index (κ1) is 22.9. The summed E-state index contributed by atoms with van der Waals surface area (Å²) in [5.74, 6) is -0.0952. The molecule has 0 rings (SSSR count). The Balaban J connectivity index is 5.34. The molecule has 0 fully saturated rings. The zero-order valence-corrected chi connectivity index (χ0v) is 16.7. The minimum Gasteiger partial charge on any atom is -0.321 e. The van der Waals surface area contributed by atoms with Crippen molar-refractivity contribution in [2.24, 2.45) is 0 Å². The molecule has 0 amide bonds. The van der Waals surface area contributed by atoms with E-state index in [9.17, 15) is 13.0 Å². The van der Waals surface area contributed by atoms with Crippen molar-refractivity contribution < 1.29 is 17.5 Å². The van der Waals surface area contributed by atoms with Gasteiger partial charge in [0.05, 0.1) is 31.4 Å². The summed E-state index contributed by atoms with van der Waals surface area (Å²) in [5.41, 5.74) is 0. The summed E-state index contributed by atoms with van der Waals surface area (Å²) in [6.07, 6.45) is 9.82. The van der Waals surface area contributed by atoms with Crippen molar-refractivity contribution in [2.45, 2.75) is 91.5 Å². The molecule has 1 atom stereocenters. The van der Waals surface area contributed by atoms with E-state index in [-0.39, 0.29) is 5.75 Å². The van der Waals surface area contributed by atoms with Gasteiger partial charge in [0.2, 0.25) is 0 Å². The van der Waals surface area contributed by atoms with Crippen LogP contribution in [0.25, 0.3) is 0 Å². The van der Waals surface area contributed by atoms with Crippen molar-refractivity contribution in [3.05, 3.63) is 0 Å². The lowest BCUT2D eigenvalue weighted by atomic mass is 10.0. The average Bonchev–Trinajstić information content (AvgIpc) is 2.50. The zero-order chi connectivity index (χ0) is 17.8. The van der Waals surface area contributed by atoms with E-state index in [1.807, 2.05) is 0 Å². The normalized spacial score (nSPS) is 14.1. The van der Waals surface area contributed by atoms with Gasteiger partial charge in [-0.2, -0.15) is 8.42 Å². The fourth-order valence-electron chi connectivity index (χ4n) is 3.61. The Hall–Kier alpha value is -0.130. The molecular weight excluding hydrogens is 310 g/mol. The van der Waals surface area contributed by atoms with Crippen LogP contribution < -0.4 is 0 Å². The number of nitrogens with zero attached hydrogens (tertiary/aromatic N) is 1. The number of hydrogen-bond acceptors (Lipinski definition) is 2. The molecule has 0 radical (unpaired) electrons. The SMILES string of the molecule is CCCC[N+](CCCC)(CCCC)C(CCC)CCS(=O)(=O)O. The molecule has 140 valence electrons. The summed E-state index contributed by atoms with van der Waals surface area (Å²) in [6, 6.07) is 0.353. The second-order valence-corrected chi connectivity index (χ2v) is 8.54. The van der Waals surface area contributed by atoms with Crippen LogP contribution in [0.5, 0.6) is 0 Å². The lowest BCUT2D eigenvalue weighted by molar-refractivity contribution is -0.952. The van der Waals surface area contributed by atoms with Gasteiger partial charge < -0.3 is 4.48 Å². The lowest BCUT2D eigenvalue weighted by Crippen LogP contribution is -2.57. The zero-order valence-electron chi connectivity index (χ0n) is 15.9. The van der Waals surface area contributed by atoms with E-state index < -0.39 is 10.1 Å². The third kappa shape index (κ3) is 9.68. The maximum absolute atomic E-state index is 11.3. The monoisotopic (exact) mass is 350 g/mol. The van der Waals surface area contributed by atoms with Crippen LogP contribution in [-0.4, -0.2) is 48.9 Å². The van der Waals surface area contributed by atoms with Crippen LogP contribution in [0, 0.1) is 0 Å². The highest BCUT2D eigenvalue weighted by molar-refractivity contribution is 7.85. The molecule has 0 spiro atoms. The quantitative estimate of drug-likeness (QED) is 0.345. The van der Waals surface area contributed by atoms with E-state index in [0.717, 1.165) is 37.0 Å². The molecule has 0 bridgehead atoms. The molecule has 5 heteroatoms. The Morgan fingerprint density at radius 1 is 0.783 bits per heavy atom. The van der Waals surface area contributed by atoms with Gasteiger partial charge in [0.25, 0.3) is 10.1 Å². The summed E-state index contributed by atoms with van der Waals surface area (Å²) in [5, 5.41) is 0. The van der Waals surface area contributed by atoms with Crippen LogP contribution in [0.4, 0.5) is 0 Å². The van der Waals surface area contributed by atoms with E-state index in [4.69, 9.17) is 0 Å². The van der Waals surface area contributed by atoms with Crippen LogP contribution >= 0.6 is 0 Å². The maximum Gasteiger partial charge on any atom is 0.265 e. The van der Waals surface area contributed by atoms with Gasteiger partial charge in [-0.1, -0.05) is 53.4 Å². The van der Waals surface area contributed by atoms with Gasteiger partial charge in [-0.3, -0.25) is 4.55 Å². The number of quaternary nitrogens is 1. The van der Waals surface area contributed by atoms with Gasteiger partial charge in [-0.25, -0.2) is 0 Å². The summed E-state index contributed by atoms with van der Waals surface area (Å²) in [7, 11) is -3.87. The molecule has 0 saturated carbocycles. The third-order valence-corrected chi connectivity index (χ3v) is 5.73. The molecule has 0 aromatic rings. The molecular formula is C18H40NO3S+. The molecule has 0 aliphatic carbocycles. The Bertz CT molecular complexity index is 360. The Kier molecular flexibility index (Phi) is 12.2. The largest absolute Gasteiger partial charge is 0.321 e. The average molecular weight is 351 g/mol. The van der Waals surface area contributed by atoms with Crippen LogP contribution in [0.3, 0.4) is 0 Å². The number of hydrogen-bond donors (Lipinski definition) is 1. The van der Waals surface area contributed by atoms with Gasteiger partial charge in [-0.15, -0.1) is 0 Å². The maximum atomic E-state index is 11.3. The Labute approximate surface area is 145 Å². The van der Waals surface area contributed by atoms with Crippen molar-refractivity contribution in [3.63, 3.8) is 0 Å². The highest BCUT2D eigenvalue weighted by atomic mass is 32.2. The van der Waals surface area contributed by atoms with Crippen molar-refractivity contribution in [1.82, 2.24) is 0 Å². The molecule has 0 saturated heterocycles. The van der Waals surface area contributed by atoms with Crippen LogP contribution in [0.2, 0.25) is 0 Å². The van der Waals surface area contributed by atoms with Crippen molar-refractivity contribution >= 4 is 10.1 Å². The fraction of sp³-hybridized carbons (Fsp3) is 1.00. The molecule has 0 aromatic heterocycles. The predicted octanol–water partition coefficient (Wildman–Crippen LogP) is 4.65. The van der Waals surface area contributed by atoms with E-state index in [1.165, 1.54) is 38.5 Å². The standard InChI is InChI=1S/C18H39NO3S/c1-5-9-14-19(15-10-6-2,16-11-7-3)18(12-8-4)13-17-23(20,21)22/h18H,5-17H2,1-4H3/p+1. The minimum absolute atomic E-state index is 0.0952. The second kappa shape index (κ2) is 12.3.